The van der Waals surface area contributed by atoms with Gasteiger partial charge in [0.05, 0.1) is 12.6 Å². The highest BCUT2D eigenvalue weighted by Gasteiger charge is 2.26. The van der Waals surface area contributed by atoms with Crippen LogP contribution in [0, 0.1) is 0 Å². The smallest absolute Gasteiger partial charge is 0.228 e. The second-order valence-electron chi connectivity index (χ2n) is 2.95. The van der Waals surface area contributed by atoms with Crippen molar-refractivity contribution in [1.29, 1.82) is 0 Å². The van der Waals surface area contributed by atoms with E-state index in [2.05, 4.69) is 10.0 Å². The van der Waals surface area contributed by atoms with Crippen LogP contribution in [0.1, 0.15) is 12.8 Å². The Balaban J connectivity index is 2.49. The Morgan fingerprint density at radius 2 is 2.54 bits per heavy atom. The molecule has 1 aliphatic rings. The molecule has 1 amide bonds. The van der Waals surface area contributed by atoms with Crippen LogP contribution in [0.3, 0.4) is 0 Å². The molecule has 1 atom stereocenters. The zero-order valence-corrected chi connectivity index (χ0v) is 7.26. The normalized spacial score (nSPS) is 21.3. The minimum absolute atomic E-state index is 0.0119. The zero-order chi connectivity index (χ0) is 9.68. The van der Waals surface area contributed by atoms with Crippen molar-refractivity contribution >= 4 is 5.91 Å². The van der Waals surface area contributed by atoms with E-state index in [-0.39, 0.29) is 25.1 Å². The van der Waals surface area contributed by atoms with Crippen LogP contribution in [-0.2, 0) is 4.79 Å². The van der Waals surface area contributed by atoms with Gasteiger partial charge in [-0.25, -0.2) is 0 Å². The Labute approximate surface area is 75.8 Å². The zero-order valence-electron chi connectivity index (χ0n) is 7.26. The van der Waals surface area contributed by atoms with Gasteiger partial charge in [0.15, 0.2) is 0 Å². The number of carbonyl (C=O) groups is 1. The number of aliphatic hydroxyl groups excluding tert-OH is 1. The van der Waals surface area contributed by atoms with Crippen molar-refractivity contribution in [3.05, 3.63) is 10.4 Å². The van der Waals surface area contributed by atoms with E-state index in [9.17, 15) is 4.79 Å². The van der Waals surface area contributed by atoms with Gasteiger partial charge < -0.3 is 10.0 Å². The van der Waals surface area contributed by atoms with Gasteiger partial charge in [0, 0.05) is 11.5 Å². The molecule has 0 spiro atoms. The quantitative estimate of drug-likeness (QED) is 0.388. The third-order valence-corrected chi connectivity index (χ3v) is 2.18. The molecule has 72 valence electrons. The fraction of sp³-hybridized carbons (Fsp3) is 0.857. The minimum Gasteiger partial charge on any atom is -0.394 e. The number of aliphatic hydroxyl groups is 1. The van der Waals surface area contributed by atoms with Crippen molar-refractivity contribution in [2.24, 2.45) is 5.11 Å². The van der Waals surface area contributed by atoms with E-state index < -0.39 is 0 Å². The molecule has 0 aromatic rings. The lowest BCUT2D eigenvalue weighted by Gasteiger charge is -2.21. The maximum atomic E-state index is 11.3. The summed E-state index contributed by atoms with van der Waals surface area (Å²) in [6, 6.07) is -0.0820. The van der Waals surface area contributed by atoms with E-state index in [0.29, 0.717) is 6.54 Å². The number of azide groups is 1. The molecule has 1 fully saturated rings. The summed E-state index contributed by atoms with van der Waals surface area (Å²) in [5.41, 5.74) is 8.02. The molecule has 13 heavy (non-hydrogen) atoms. The van der Waals surface area contributed by atoms with Crippen LogP contribution in [0.25, 0.3) is 10.4 Å². The monoisotopic (exact) mass is 184 g/mol. The fourth-order valence-corrected chi connectivity index (χ4v) is 1.54. The molecule has 0 radical (unpaired) electrons. The van der Waals surface area contributed by atoms with E-state index in [1.54, 1.807) is 4.90 Å². The molecule has 6 heteroatoms. The van der Waals surface area contributed by atoms with Crippen molar-refractivity contribution < 1.29 is 9.90 Å². The van der Waals surface area contributed by atoms with Crippen LogP contribution in [0.15, 0.2) is 5.11 Å². The Bertz CT molecular complexity index is 237. The average molecular weight is 184 g/mol. The predicted octanol–water partition coefficient (Wildman–Crippen LogP) is 0.280. The number of amides is 1. The van der Waals surface area contributed by atoms with Crippen molar-refractivity contribution in [2.75, 3.05) is 19.7 Å². The van der Waals surface area contributed by atoms with Gasteiger partial charge in [-0.3, -0.25) is 4.79 Å². The Kier molecular flexibility index (Phi) is 3.54. The standard InChI is InChI=1S/C7H12N4O2/c8-10-9-4-7(13)11-3-1-2-6(11)5-12/h6,12H,1-5H2. The van der Waals surface area contributed by atoms with Gasteiger partial charge in [0.2, 0.25) is 5.91 Å². The molecule has 1 rings (SSSR count). The van der Waals surface area contributed by atoms with Crippen molar-refractivity contribution in [3.8, 4) is 0 Å². The van der Waals surface area contributed by atoms with Crippen LogP contribution in [-0.4, -0.2) is 41.7 Å². The van der Waals surface area contributed by atoms with Crippen LogP contribution >= 0.6 is 0 Å². The second-order valence-corrected chi connectivity index (χ2v) is 2.95. The van der Waals surface area contributed by atoms with Crippen molar-refractivity contribution in [3.63, 3.8) is 0 Å². The van der Waals surface area contributed by atoms with Crippen LogP contribution in [0.5, 0.6) is 0 Å². The highest BCUT2D eigenvalue weighted by Crippen LogP contribution is 2.16. The number of rotatable bonds is 3. The number of hydrogen-bond donors (Lipinski definition) is 1. The molecule has 0 aromatic carbocycles. The summed E-state index contributed by atoms with van der Waals surface area (Å²) >= 11 is 0. The van der Waals surface area contributed by atoms with Crippen LogP contribution in [0.4, 0.5) is 0 Å². The second kappa shape index (κ2) is 4.69. The molecular weight excluding hydrogens is 172 g/mol. The Morgan fingerprint density at radius 3 is 3.15 bits per heavy atom. The Hall–Kier alpha value is -1.26. The highest BCUT2D eigenvalue weighted by molar-refractivity contribution is 5.79. The lowest BCUT2D eigenvalue weighted by molar-refractivity contribution is -0.131. The molecule has 0 bridgehead atoms. The van der Waals surface area contributed by atoms with Gasteiger partial charge in [0.1, 0.15) is 6.54 Å². The van der Waals surface area contributed by atoms with Gasteiger partial charge in [-0.05, 0) is 18.4 Å². The SMILES string of the molecule is [N-]=[N+]=NCC(=O)N1CCCC1CO. The van der Waals surface area contributed by atoms with Gasteiger partial charge in [-0.1, -0.05) is 5.11 Å². The predicted molar refractivity (Wildman–Crippen MR) is 45.8 cm³/mol. The molecule has 1 heterocycles. The van der Waals surface area contributed by atoms with E-state index in [1.807, 2.05) is 0 Å². The number of likely N-dealkylation sites (tertiary alicyclic amines) is 1. The first-order valence-electron chi connectivity index (χ1n) is 4.20. The first-order chi connectivity index (χ1) is 6.29. The molecule has 1 saturated heterocycles. The maximum absolute atomic E-state index is 11.3. The van der Waals surface area contributed by atoms with Gasteiger partial charge in [-0.15, -0.1) is 0 Å². The van der Waals surface area contributed by atoms with Crippen LogP contribution in [0.2, 0.25) is 0 Å². The summed E-state index contributed by atoms with van der Waals surface area (Å²) in [6.45, 7) is 0.500. The molecule has 0 aromatic heterocycles. The third-order valence-electron chi connectivity index (χ3n) is 2.18. The van der Waals surface area contributed by atoms with E-state index in [0.717, 1.165) is 12.8 Å². The first-order valence-corrected chi connectivity index (χ1v) is 4.20. The summed E-state index contributed by atoms with van der Waals surface area (Å²) in [5.74, 6) is -0.200. The first kappa shape index (κ1) is 9.83. The minimum atomic E-state index is -0.200. The molecule has 1 aliphatic heterocycles. The summed E-state index contributed by atoms with van der Waals surface area (Å²) in [5, 5.41) is 12.1. The number of hydrogen-bond acceptors (Lipinski definition) is 3. The van der Waals surface area contributed by atoms with E-state index in [4.69, 9.17) is 10.6 Å². The van der Waals surface area contributed by atoms with E-state index >= 15 is 0 Å². The number of carbonyl (C=O) groups excluding carboxylic acids is 1. The summed E-state index contributed by atoms with van der Waals surface area (Å²) < 4.78 is 0. The van der Waals surface area contributed by atoms with Gasteiger partial charge in [-0.2, -0.15) is 0 Å². The van der Waals surface area contributed by atoms with Gasteiger partial charge in [0.25, 0.3) is 0 Å². The highest BCUT2D eigenvalue weighted by atomic mass is 16.3. The van der Waals surface area contributed by atoms with E-state index in [1.165, 1.54) is 0 Å². The Morgan fingerprint density at radius 1 is 1.77 bits per heavy atom. The average Bonchev–Trinajstić information content (AvgIpc) is 2.61. The fourth-order valence-electron chi connectivity index (χ4n) is 1.54. The maximum Gasteiger partial charge on any atom is 0.228 e. The van der Waals surface area contributed by atoms with Crippen molar-refractivity contribution in [2.45, 2.75) is 18.9 Å². The number of nitrogens with zero attached hydrogens (tertiary/aromatic N) is 4. The van der Waals surface area contributed by atoms with Gasteiger partial charge >= 0.3 is 0 Å². The van der Waals surface area contributed by atoms with Crippen molar-refractivity contribution in [1.82, 2.24) is 4.90 Å². The molecule has 1 unspecified atom stereocenters. The lowest BCUT2D eigenvalue weighted by atomic mass is 10.2. The largest absolute Gasteiger partial charge is 0.394 e. The third kappa shape index (κ3) is 2.34. The molecule has 6 nitrogen and oxygen atoms in total. The molecule has 0 saturated carbocycles. The summed E-state index contributed by atoms with van der Waals surface area (Å²) in [7, 11) is 0. The summed E-state index contributed by atoms with van der Waals surface area (Å²) in [6.07, 6.45) is 1.74. The molecular formula is C7H12N4O2. The topological polar surface area (TPSA) is 89.3 Å². The molecule has 0 aliphatic carbocycles. The van der Waals surface area contributed by atoms with Crippen LogP contribution < -0.4 is 0 Å². The molecule has 1 N–H and O–H groups in total. The summed E-state index contributed by atoms with van der Waals surface area (Å²) in [4.78, 5) is 15.4. The lowest BCUT2D eigenvalue weighted by Crippen LogP contribution is -2.38.